The van der Waals surface area contributed by atoms with Gasteiger partial charge in [0.05, 0.1) is 28.6 Å². The van der Waals surface area contributed by atoms with Crippen LogP contribution in [0.1, 0.15) is 15.9 Å². The SMILES string of the molecule is COC(=O)c1cscc1Nc1nc(Cl)nc2c1ccn2S(=O)c1ccc(C)cc1. The highest BCUT2D eigenvalue weighted by Gasteiger charge is 2.18. The molecule has 1 aromatic carbocycles. The summed E-state index contributed by atoms with van der Waals surface area (Å²) in [5.74, 6) is -0.0496. The summed E-state index contributed by atoms with van der Waals surface area (Å²) in [6.45, 7) is 1.97. The molecule has 0 fully saturated rings. The van der Waals surface area contributed by atoms with Crippen LogP contribution in [0, 0.1) is 6.92 Å². The highest BCUT2D eigenvalue weighted by Crippen LogP contribution is 2.30. The molecule has 3 heterocycles. The van der Waals surface area contributed by atoms with Crippen molar-refractivity contribution in [1.82, 2.24) is 13.9 Å². The molecule has 0 aliphatic carbocycles. The number of benzene rings is 1. The first-order chi connectivity index (χ1) is 14.0. The molecule has 0 spiro atoms. The summed E-state index contributed by atoms with van der Waals surface area (Å²) >= 11 is 7.48. The maximum Gasteiger partial charge on any atom is 0.340 e. The molecule has 4 rings (SSSR count). The number of fused-ring (bicyclic) bond motifs is 1. The molecule has 0 aliphatic rings. The van der Waals surface area contributed by atoms with E-state index in [9.17, 15) is 9.00 Å². The van der Waals surface area contributed by atoms with Gasteiger partial charge in [-0.3, -0.25) is 0 Å². The van der Waals surface area contributed by atoms with E-state index < -0.39 is 17.0 Å². The summed E-state index contributed by atoms with van der Waals surface area (Å²) in [6.07, 6.45) is 1.67. The summed E-state index contributed by atoms with van der Waals surface area (Å²) < 4.78 is 19.4. The minimum absolute atomic E-state index is 0.00398. The number of carbonyl (C=O) groups excluding carboxylic acids is 1. The zero-order valence-electron chi connectivity index (χ0n) is 15.4. The van der Waals surface area contributed by atoms with E-state index >= 15 is 0 Å². The van der Waals surface area contributed by atoms with Crippen LogP contribution < -0.4 is 5.32 Å². The first-order valence-corrected chi connectivity index (χ1v) is 10.9. The number of ether oxygens (including phenoxy) is 1. The number of hydrogen-bond donors (Lipinski definition) is 1. The molecule has 10 heteroatoms. The highest BCUT2D eigenvalue weighted by molar-refractivity contribution is 7.83. The molecule has 0 aliphatic heterocycles. The standard InChI is InChI=1S/C19H15ClN4O3S2/c1-11-3-5-12(6-4-11)29(26)24-8-7-13-16(22-19(20)23-17(13)24)21-15-10-28-9-14(15)18(25)27-2/h3-10H,1-2H3,(H,21,22,23). The summed E-state index contributed by atoms with van der Waals surface area (Å²) in [5, 5.41) is 7.19. The van der Waals surface area contributed by atoms with Gasteiger partial charge in [-0.05, 0) is 36.7 Å². The quantitative estimate of drug-likeness (QED) is 0.357. The third-order valence-corrected chi connectivity index (χ3v) is 6.45. The first-order valence-electron chi connectivity index (χ1n) is 8.43. The van der Waals surface area contributed by atoms with Gasteiger partial charge in [0.15, 0.2) is 16.6 Å². The van der Waals surface area contributed by atoms with Crippen molar-refractivity contribution in [3.05, 3.63) is 63.7 Å². The Kier molecular flexibility index (Phi) is 5.35. The Balaban J connectivity index is 1.76. The fourth-order valence-electron chi connectivity index (χ4n) is 2.75. The van der Waals surface area contributed by atoms with E-state index in [4.69, 9.17) is 16.3 Å². The number of esters is 1. The Morgan fingerprint density at radius 1 is 1.21 bits per heavy atom. The summed E-state index contributed by atoms with van der Waals surface area (Å²) in [7, 11) is -0.176. The van der Waals surface area contributed by atoms with Crippen LogP contribution in [0.5, 0.6) is 0 Å². The van der Waals surface area contributed by atoms with E-state index in [1.165, 1.54) is 22.4 Å². The van der Waals surface area contributed by atoms with Crippen LogP contribution in [0.25, 0.3) is 11.0 Å². The third-order valence-electron chi connectivity index (χ3n) is 4.21. The molecule has 29 heavy (non-hydrogen) atoms. The minimum atomic E-state index is -1.50. The van der Waals surface area contributed by atoms with Crippen molar-refractivity contribution in [1.29, 1.82) is 0 Å². The average molecular weight is 447 g/mol. The Morgan fingerprint density at radius 3 is 2.69 bits per heavy atom. The van der Waals surface area contributed by atoms with Gasteiger partial charge in [-0.2, -0.15) is 9.97 Å². The normalized spacial score (nSPS) is 12.1. The lowest BCUT2D eigenvalue weighted by atomic mass is 10.2. The van der Waals surface area contributed by atoms with Gasteiger partial charge >= 0.3 is 5.97 Å². The number of aromatic nitrogens is 3. The number of halogens is 1. The van der Waals surface area contributed by atoms with Crippen LogP contribution in [-0.2, 0) is 15.7 Å². The van der Waals surface area contributed by atoms with Gasteiger partial charge in [-0.25, -0.2) is 13.0 Å². The molecule has 0 amide bonds. The van der Waals surface area contributed by atoms with Crippen molar-refractivity contribution in [2.75, 3.05) is 12.4 Å². The average Bonchev–Trinajstić information content (AvgIpc) is 3.34. The van der Waals surface area contributed by atoms with Crippen molar-refractivity contribution < 1.29 is 13.7 Å². The Hall–Kier alpha value is -2.75. The molecule has 0 saturated heterocycles. The molecular formula is C19H15ClN4O3S2. The van der Waals surface area contributed by atoms with Crippen molar-refractivity contribution >= 4 is 62.4 Å². The summed E-state index contributed by atoms with van der Waals surface area (Å²) in [4.78, 5) is 21.1. The molecular weight excluding hydrogens is 432 g/mol. The van der Waals surface area contributed by atoms with E-state index in [1.54, 1.807) is 23.0 Å². The second-order valence-corrected chi connectivity index (χ2v) is 8.54. The lowest BCUT2D eigenvalue weighted by molar-refractivity contribution is 0.0602. The number of carbonyl (C=O) groups is 1. The van der Waals surface area contributed by atoms with Crippen molar-refractivity contribution in [2.24, 2.45) is 0 Å². The Bertz CT molecular complexity index is 1230. The molecule has 0 bridgehead atoms. The van der Waals surface area contributed by atoms with Gasteiger partial charge in [0.1, 0.15) is 5.82 Å². The zero-order valence-corrected chi connectivity index (χ0v) is 17.8. The lowest BCUT2D eigenvalue weighted by Crippen LogP contribution is -2.06. The monoisotopic (exact) mass is 446 g/mol. The minimum Gasteiger partial charge on any atom is -0.465 e. The number of nitrogens with one attached hydrogen (secondary N) is 1. The smallest absolute Gasteiger partial charge is 0.340 e. The fraction of sp³-hybridized carbons (Fsp3) is 0.105. The zero-order chi connectivity index (χ0) is 20.5. The van der Waals surface area contributed by atoms with E-state index in [0.29, 0.717) is 33.0 Å². The second kappa shape index (κ2) is 7.94. The molecule has 4 aromatic rings. The molecule has 1 N–H and O–H groups in total. The van der Waals surface area contributed by atoms with Gasteiger partial charge in [-0.1, -0.05) is 17.7 Å². The van der Waals surface area contributed by atoms with Gasteiger partial charge in [0.25, 0.3) is 0 Å². The van der Waals surface area contributed by atoms with Gasteiger partial charge in [0, 0.05) is 17.0 Å². The third kappa shape index (κ3) is 3.76. The molecule has 7 nitrogen and oxygen atoms in total. The number of nitrogens with zero attached hydrogens (tertiary/aromatic N) is 3. The lowest BCUT2D eigenvalue weighted by Gasteiger charge is -2.09. The maximum atomic E-state index is 13.0. The molecule has 0 radical (unpaired) electrons. The number of rotatable bonds is 5. The summed E-state index contributed by atoms with van der Waals surface area (Å²) in [5.41, 5.74) is 2.44. The van der Waals surface area contributed by atoms with E-state index in [2.05, 4.69) is 15.3 Å². The highest BCUT2D eigenvalue weighted by atomic mass is 35.5. The number of anilines is 2. The van der Waals surface area contributed by atoms with Crippen LogP contribution in [0.3, 0.4) is 0 Å². The van der Waals surface area contributed by atoms with Gasteiger partial charge < -0.3 is 10.1 Å². The van der Waals surface area contributed by atoms with Crippen LogP contribution in [0.2, 0.25) is 5.28 Å². The van der Waals surface area contributed by atoms with Gasteiger partial charge in [0.2, 0.25) is 5.28 Å². The predicted octanol–water partition coefficient (Wildman–Crippen LogP) is 4.56. The van der Waals surface area contributed by atoms with Crippen LogP contribution in [0.15, 0.2) is 52.2 Å². The molecule has 3 aromatic heterocycles. The van der Waals surface area contributed by atoms with Crippen molar-refractivity contribution in [2.45, 2.75) is 11.8 Å². The number of thiophene rings is 1. The van der Waals surface area contributed by atoms with Crippen LogP contribution in [0.4, 0.5) is 11.5 Å². The van der Waals surface area contributed by atoms with Crippen molar-refractivity contribution in [3.63, 3.8) is 0 Å². The largest absolute Gasteiger partial charge is 0.465 e. The van der Waals surface area contributed by atoms with Crippen molar-refractivity contribution in [3.8, 4) is 0 Å². The van der Waals surface area contributed by atoms with E-state index in [-0.39, 0.29) is 5.28 Å². The van der Waals surface area contributed by atoms with E-state index in [0.717, 1.165) is 5.56 Å². The summed E-state index contributed by atoms with van der Waals surface area (Å²) in [6, 6.07) is 9.18. The maximum absolute atomic E-state index is 13.0. The molecule has 0 saturated carbocycles. The number of hydrogen-bond acceptors (Lipinski definition) is 7. The Morgan fingerprint density at radius 2 is 1.97 bits per heavy atom. The van der Waals surface area contributed by atoms with E-state index in [1.807, 2.05) is 31.2 Å². The first kappa shape index (κ1) is 19.6. The second-order valence-electron chi connectivity index (χ2n) is 6.10. The van der Waals surface area contributed by atoms with Crippen LogP contribution >= 0.6 is 22.9 Å². The fourth-order valence-corrected chi connectivity index (χ4v) is 4.73. The molecule has 148 valence electrons. The van der Waals surface area contributed by atoms with Crippen LogP contribution in [-0.4, -0.2) is 31.2 Å². The molecule has 1 atom stereocenters. The van der Waals surface area contributed by atoms with Gasteiger partial charge in [-0.15, -0.1) is 11.3 Å². The Labute approximate surface area is 177 Å². The predicted molar refractivity (Wildman–Crippen MR) is 114 cm³/mol. The number of methoxy groups -OCH3 is 1. The number of aryl methyl sites for hydroxylation is 1. The molecule has 1 unspecified atom stereocenters. The topological polar surface area (TPSA) is 86.1 Å².